The highest BCUT2D eigenvalue weighted by Gasteiger charge is 2.25. The molecule has 0 bridgehead atoms. The molecule has 3 heterocycles. The van der Waals surface area contributed by atoms with Crippen molar-refractivity contribution in [3.63, 3.8) is 0 Å². The Bertz CT molecular complexity index is 689. The Balaban J connectivity index is 2.12. The maximum absolute atomic E-state index is 5.23. The van der Waals surface area contributed by atoms with Crippen LogP contribution in [-0.4, -0.2) is 29.1 Å². The van der Waals surface area contributed by atoms with E-state index in [1.807, 2.05) is 13.0 Å². The highest BCUT2D eigenvalue weighted by molar-refractivity contribution is 5.90. The van der Waals surface area contributed by atoms with Gasteiger partial charge in [-0.05, 0) is 45.4 Å². The van der Waals surface area contributed by atoms with Crippen molar-refractivity contribution >= 4 is 23.4 Å². The Morgan fingerprint density at radius 2 is 2.18 bits per heavy atom. The Morgan fingerprint density at radius 3 is 2.82 bits per heavy atom. The maximum atomic E-state index is 5.23. The molecule has 0 unspecified atom stereocenters. The summed E-state index contributed by atoms with van der Waals surface area (Å²) in [6.07, 6.45) is 5.69. The molecule has 22 heavy (non-hydrogen) atoms. The third-order valence-electron chi connectivity index (χ3n) is 3.90. The molecule has 0 aromatic carbocycles. The molecule has 0 fully saturated rings. The van der Waals surface area contributed by atoms with Crippen LogP contribution in [0.25, 0.3) is 11.6 Å². The molecule has 1 N–H and O–H groups in total. The van der Waals surface area contributed by atoms with Gasteiger partial charge in [0.15, 0.2) is 0 Å². The molecule has 0 radical (unpaired) electrons. The van der Waals surface area contributed by atoms with E-state index in [9.17, 15) is 0 Å². The van der Waals surface area contributed by atoms with E-state index < -0.39 is 0 Å². The van der Waals surface area contributed by atoms with E-state index in [1.54, 1.807) is 12.5 Å². The molecule has 2 aromatic rings. The van der Waals surface area contributed by atoms with Gasteiger partial charge in [-0.1, -0.05) is 0 Å². The van der Waals surface area contributed by atoms with Crippen LogP contribution in [0.5, 0.6) is 0 Å². The van der Waals surface area contributed by atoms with Crippen molar-refractivity contribution in [1.82, 2.24) is 9.97 Å². The Morgan fingerprint density at radius 1 is 1.36 bits per heavy atom. The van der Waals surface area contributed by atoms with Crippen LogP contribution in [0.2, 0.25) is 0 Å². The Labute approximate surface area is 131 Å². The van der Waals surface area contributed by atoms with Crippen molar-refractivity contribution in [2.45, 2.75) is 33.7 Å². The van der Waals surface area contributed by atoms with E-state index in [0.717, 1.165) is 35.7 Å². The van der Waals surface area contributed by atoms with Crippen LogP contribution in [0, 0.1) is 6.92 Å². The van der Waals surface area contributed by atoms with Gasteiger partial charge in [-0.3, -0.25) is 0 Å². The largest absolute Gasteiger partial charge is 0.472 e. The molecule has 3 rings (SSSR count). The molecule has 0 aliphatic carbocycles. The molecular formula is C17H22N4O. The molecule has 0 saturated heterocycles. The molecule has 2 aromatic heterocycles. The van der Waals surface area contributed by atoms with Gasteiger partial charge in [0, 0.05) is 30.3 Å². The van der Waals surface area contributed by atoms with Crippen molar-refractivity contribution in [2.24, 2.45) is 0 Å². The van der Waals surface area contributed by atoms with Gasteiger partial charge in [-0.15, -0.1) is 0 Å². The first-order valence-corrected chi connectivity index (χ1v) is 7.72. The van der Waals surface area contributed by atoms with Gasteiger partial charge in [0.2, 0.25) is 5.95 Å². The first-order valence-electron chi connectivity index (χ1n) is 7.72. The zero-order valence-electron chi connectivity index (χ0n) is 13.6. The number of nitrogens with one attached hydrogen (secondary N) is 1. The number of furan rings is 1. The summed E-state index contributed by atoms with van der Waals surface area (Å²) in [4.78, 5) is 11.6. The highest BCUT2D eigenvalue weighted by Crippen LogP contribution is 2.34. The number of rotatable bonds is 4. The van der Waals surface area contributed by atoms with Crippen LogP contribution in [0.4, 0.5) is 11.8 Å². The zero-order chi connectivity index (χ0) is 15.7. The number of aryl methyl sites for hydroxylation is 1. The minimum Gasteiger partial charge on any atom is -0.472 e. The van der Waals surface area contributed by atoms with Gasteiger partial charge in [-0.2, -0.15) is 4.98 Å². The van der Waals surface area contributed by atoms with Crippen LogP contribution < -0.4 is 10.2 Å². The summed E-state index contributed by atoms with van der Waals surface area (Å²) in [7, 11) is 0. The van der Waals surface area contributed by atoms with Crippen molar-refractivity contribution in [3.8, 4) is 0 Å². The number of aromatic nitrogens is 2. The summed E-state index contributed by atoms with van der Waals surface area (Å²) >= 11 is 0. The third kappa shape index (κ3) is 2.58. The van der Waals surface area contributed by atoms with Crippen LogP contribution >= 0.6 is 0 Å². The topological polar surface area (TPSA) is 54.2 Å². The molecule has 0 saturated carbocycles. The smallest absolute Gasteiger partial charge is 0.224 e. The second kappa shape index (κ2) is 5.83. The van der Waals surface area contributed by atoms with Crippen molar-refractivity contribution < 1.29 is 4.42 Å². The number of fused-ring (bicyclic) bond motifs is 1. The second-order valence-electron chi connectivity index (χ2n) is 5.80. The fourth-order valence-electron chi connectivity index (χ4n) is 2.72. The quantitative estimate of drug-likeness (QED) is 0.935. The molecular weight excluding hydrogens is 276 g/mol. The SMILES string of the molecule is CCNc1nc(C)c2c(n1)N(C(C)C)CC(c1ccoc1)=C2. The zero-order valence-corrected chi connectivity index (χ0v) is 13.6. The Hall–Kier alpha value is -2.30. The molecule has 5 nitrogen and oxygen atoms in total. The monoisotopic (exact) mass is 298 g/mol. The summed E-state index contributed by atoms with van der Waals surface area (Å²) in [5, 5.41) is 3.21. The minimum absolute atomic E-state index is 0.359. The maximum Gasteiger partial charge on any atom is 0.224 e. The fourth-order valence-corrected chi connectivity index (χ4v) is 2.72. The highest BCUT2D eigenvalue weighted by atomic mass is 16.3. The van der Waals surface area contributed by atoms with E-state index in [-0.39, 0.29) is 0 Å². The lowest BCUT2D eigenvalue weighted by Crippen LogP contribution is -2.36. The van der Waals surface area contributed by atoms with Crippen LogP contribution in [0.15, 0.2) is 23.0 Å². The average Bonchev–Trinajstić information content (AvgIpc) is 3.01. The van der Waals surface area contributed by atoms with E-state index in [2.05, 4.69) is 42.0 Å². The predicted molar refractivity (Wildman–Crippen MR) is 90.0 cm³/mol. The van der Waals surface area contributed by atoms with Crippen LogP contribution in [0.3, 0.4) is 0 Å². The van der Waals surface area contributed by atoms with E-state index in [4.69, 9.17) is 9.40 Å². The molecule has 0 amide bonds. The molecule has 5 heteroatoms. The standard InChI is InChI=1S/C17H22N4O/c1-5-18-17-19-12(4)15-8-14(13-6-7-22-10-13)9-21(11(2)3)16(15)20-17/h6-8,10-11H,5,9H2,1-4H3,(H,18,19,20). The summed E-state index contributed by atoms with van der Waals surface area (Å²) in [5.41, 5.74) is 4.44. The number of anilines is 2. The third-order valence-corrected chi connectivity index (χ3v) is 3.90. The second-order valence-corrected chi connectivity index (χ2v) is 5.80. The van der Waals surface area contributed by atoms with Gasteiger partial charge in [0.05, 0.1) is 18.2 Å². The van der Waals surface area contributed by atoms with Gasteiger partial charge in [0.1, 0.15) is 5.82 Å². The first kappa shape index (κ1) is 14.6. The van der Waals surface area contributed by atoms with Gasteiger partial charge in [0.25, 0.3) is 0 Å². The van der Waals surface area contributed by atoms with E-state index in [0.29, 0.717) is 12.0 Å². The lowest BCUT2D eigenvalue weighted by molar-refractivity contribution is 0.566. The lowest BCUT2D eigenvalue weighted by atomic mass is 9.99. The minimum atomic E-state index is 0.359. The molecule has 1 aliphatic heterocycles. The van der Waals surface area contributed by atoms with Gasteiger partial charge in [-0.25, -0.2) is 4.98 Å². The van der Waals surface area contributed by atoms with Crippen molar-refractivity contribution in [3.05, 3.63) is 35.4 Å². The van der Waals surface area contributed by atoms with E-state index in [1.165, 1.54) is 5.57 Å². The summed E-state index contributed by atoms with van der Waals surface area (Å²) < 4.78 is 5.23. The number of nitrogens with zero attached hydrogens (tertiary/aromatic N) is 3. The lowest BCUT2D eigenvalue weighted by Gasteiger charge is -2.34. The van der Waals surface area contributed by atoms with Crippen molar-refractivity contribution in [2.75, 3.05) is 23.3 Å². The normalized spacial score (nSPS) is 14.0. The molecule has 0 atom stereocenters. The number of hydrogen-bond donors (Lipinski definition) is 1. The van der Waals surface area contributed by atoms with Gasteiger partial charge >= 0.3 is 0 Å². The Kier molecular flexibility index (Phi) is 3.88. The predicted octanol–water partition coefficient (Wildman–Crippen LogP) is 3.58. The van der Waals surface area contributed by atoms with Crippen LogP contribution in [0.1, 0.15) is 37.6 Å². The molecule has 0 spiro atoms. The molecule has 1 aliphatic rings. The van der Waals surface area contributed by atoms with Gasteiger partial charge < -0.3 is 14.6 Å². The fraction of sp³-hybridized carbons (Fsp3) is 0.412. The summed E-state index contributed by atoms with van der Waals surface area (Å²) in [5.74, 6) is 1.70. The number of hydrogen-bond acceptors (Lipinski definition) is 5. The van der Waals surface area contributed by atoms with Crippen LogP contribution in [-0.2, 0) is 0 Å². The average molecular weight is 298 g/mol. The van der Waals surface area contributed by atoms with E-state index >= 15 is 0 Å². The first-order chi connectivity index (χ1) is 10.6. The summed E-state index contributed by atoms with van der Waals surface area (Å²) in [6.45, 7) is 10.1. The summed E-state index contributed by atoms with van der Waals surface area (Å²) in [6, 6.07) is 2.36. The van der Waals surface area contributed by atoms with Crippen molar-refractivity contribution in [1.29, 1.82) is 0 Å². The molecule has 116 valence electrons.